The maximum atomic E-state index is 13.1. The lowest BCUT2D eigenvalue weighted by molar-refractivity contribution is -0.143. The van der Waals surface area contributed by atoms with E-state index in [0.29, 0.717) is 5.82 Å². The first-order chi connectivity index (χ1) is 13.8. The van der Waals surface area contributed by atoms with Crippen LogP contribution in [0.4, 0.5) is 24.8 Å². The first kappa shape index (κ1) is 19.8. The largest absolute Gasteiger partial charge is 0.434 e. The van der Waals surface area contributed by atoms with Crippen LogP contribution < -0.4 is 16.4 Å². The van der Waals surface area contributed by atoms with Gasteiger partial charge in [-0.2, -0.15) is 13.2 Å². The average Bonchev–Trinajstić information content (AvgIpc) is 3.03. The lowest BCUT2D eigenvalue weighted by Crippen LogP contribution is -2.42. The lowest BCUT2D eigenvalue weighted by atomic mass is 9.76. The Balaban J connectivity index is 1.49. The number of halogens is 3. The quantitative estimate of drug-likeness (QED) is 0.776. The molecule has 0 atom stereocenters. The molecule has 1 spiro atoms. The molecule has 1 aliphatic carbocycles. The number of allylic oxidation sites excluding steroid dienone is 2. The fraction of sp³-hybridized carbons (Fsp3) is 0.421. The molecule has 4 N–H and O–H groups in total. The number of nitrogen functional groups attached to an aromatic ring is 1. The fourth-order valence-corrected chi connectivity index (χ4v) is 4.85. The zero-order chi connectivity index (χ0) is 20.6. The molecule has 29 heavy (non-hydrogen) atoms. The average molecular weight is 422 g/mol. The number of hydrogen-bond acceptors (Lipinski definition) is 7. The van der Waals surface area contributed by atoms with Gasteiger partial charge in [0.05, 0.1) is 6.20 Å². The molecule has 3 heterocycles. The molecular weight excluding hydrogens is 401 g/mol. The molecule has 0 radical (unpaired) electrons. The van der Waals surface area contributed by atoms with Crippen LogP contribution in [0.2, 0.25) is 0 Å². The minimum Gasteiger partial charge on any atom is -0.402 e. The molecule has 2 aliphatic rings. The number of rotatable bonds is 3. The number of aromatic nitrogens is 3. The first-order valence-corrected chi connectivity index (χ1v) is 10.1. The van der Waals surface area contributed by atoms with E-state index in [0.717, 1.165) is 62.4 Å². The van der Waals surface area contributed by atoms with Crippen molar-refractivity contribution in [3.63, 3.8) is 0 Å². The van der Waals surface area contributed by atoms with Gasteiger partial charge in [0, 0.05) is 35.3 Å². The van der Waals surface area contributed by atoms with Crippen LogP contribution >= 0.6 is 11.8 Å². The van der Waals surface area contributed by atoms with Gasteiger partial charge in [-0.05, 0) is 37.8 Å². The number of anilines is 2. The molecule has 0 saturated carbocycles. The summed E-state index contributed by atoms with van der Waals surface area (Å²) in [5.41, 5.74) is 12.3. The summed E-state index contributed by atoms with van der Waals surface area (Å²) in [5.74, 6) is 0.731. The van der Waals surface area contributed by atoms with E-state index in [2.05, 4.69) is 25.9 Å². The van der Waals surface area contributed by atoms with Gasteiger partial charge in [0.2, 0.25) is 0 Å². The Labute approximate surface area is 170 Å². The monoisotopic (exact) mass is 422 g/mol. The fourth-order valence-electron chi connectivity index (χ4n) is 3.97. The van der Waals surface area contributed by atoms with E-state index >= 15 is 0 Å². The molecule has 0 amide bonds. The third-order valence-electron chi connectivity index (χ3n) is 5.64. The topological polar surface area (TPSA) is 94.0 Å². The Morgan fingerprint density at radius 3 is 2.48 bits per heavy atom. The van der Waals surface area contributed by atoms with E-state index in [1.54, 1.807) is 6.20 Å². The Hall–Kier alpha value is -2.49. The highest BCUT2D eigenvalue weighted by Crippen LogP contribution is 2.45. The van der Waals surface area contributed by atoms with Crippen molar-refractivity contribution in [3.05, 3.63) is 42.0 Å². The highest BCUT2D eigenvalue weighted by atomic mass is 32.2. The summed E-state index contributed by atoms with van der Waals surface area (Å²) < 4.78 is 39.4. The van der Waals surface area contributed by atoms with E-state index in [-0.39, 0.29) is 21.2 Å². The summed E-state index contributed by atoms with van der Waals surface area (Å²) in [7, 11) is 0. The lowest BCUT2D eigenvalue weighted by Gasteiger charge is -2.40. The first-order valence-electron chi connectivity index (χ1n) is 9.32. The van der Waals surface area contributed by atoms with E-state index in [9.17, 15) is 13.2 Å². The van der Waals surface area contributed by atoms with Gasteiger partial charge >= 0.3 is 6.18 Å². The second-order valence-corrected chi connectivity index (χ2v) is 8.36. The van der Waals surface area contributed by atoms with Crippen LogP contribution in [0.3, 0.4) is 0 Å². The number of alkyl halides is 3. The van der Waals surface area contributed by atoms with Crippen LogP contribution in [0.1, 0.15) is 31.4 Å². The molecule has 154 valence electrons. The van der Waals surface area contributed by atoms with Gasteiger partial charge in [0.25, 0.3) is 0 Å². The Morgan fingerprint density at radius 2 is 1.86 bits per heavy atom. The molecule has 0 unspecified atom stereocenters. The molecule has 0 bridgehead atoms. The van der Waals surface area contributed by atoms with Crippen molar-refractivity contribution in [2.75, 3.05) is 23.7 Å². The molecule has 1 aliphatic heterocycles. The molecule has 1 saturated heterocycles. The van der Waals surface area contributed by atoms with Crippen molar-refractivity contribution in [2.24, 2.45) is 11.1 Å². The minimum atomic E-state index is -4.55. The minimum absolute atomic E-state index is 0.0582. The van der Waals surface area contributed by atoms with Crippen LogP contribution in [-0.4, -0.2) is 28.0 Å². The molecule has 10 heteroatoms. The zero-order valence-corrected chi connectivity index (χ0v) is 16.4. The predicted molar refractivity (Wildman–Crippen MR) is 105 cm³/mol. The van der Waals surface area contributed by atoms with E-state index < -0.39 is 11.9 Å². The van der Waals surface area contributed by atoms with Crippen LogP contribution in [0.5, 0.6) is 0 Å². The van der Waals surface area contributed by atoms with Crippen molar-refractivity contribution >= 4 is 23.4 Å². The Kier molecular flexibility index (Phi) is 5.05. The Morgan fingerprint density at radius 1 is 1.10 bits per heavy atom. The second-order valence-electron chi connectivity index (χ2n) is 7.33. The highest BCUT2D eigenvalue weighted by Gasteiger charge is 2.39. The summed E-state index contributed by atoms with van der Waals surface area (Å²) in [6.45, 7) is 1.58. The summed E-state index contributed by atoms with van der Waals surface area (Å²) >= 11 is 0.815. The van der Waals surface area contributed by atoms with Crippen LogP contribution in [-0.2, 0) is 6.18 Å². The number of piperidine rings is 1. The smallest absolute Gasteiger partial charge is 0.402 e. The second kappa shape index (κ2) is 7.40. The van der Waals surface area contributed by atoms with Crippen LogP contribution in [0.15, 0.2) is 46.2 Å². The number of pyridine rings is 1. The van der Waals surface area contributed by atoms with Crippen molar-refractivity contribution in [1.82, 2.24) is 15.0 Å². The van der Waals surface area contributed by atoms with Crippen LogP contribution in [0, 0.1) is 5.41 Å². The van der Waals surface area contributed by atoms with E-state index in [1.807, 2.05) is 0 Å². The van der Waals surface area contributed by atoms with Gasteiger partial charge in [0.1, 0.15) is 10.8 Å². The van der Waals surface area contributed by atoms with Gasteiger partial charge in [-0.3, -0.25) is 4.98 Å². The third-order valence-corrected chi connectivity index (χ3v) is 6.70. The van der Waals surface area contributed by atoms with E-state index in [4.69, 9.17) is 11.5 Å². The summed E-state index contributed by atoms with van der Waals surface area (Å²) in [4.78, 5) is 14.2. The maximum Gasteiger partial charge on any atom is 0.434 e. The molecule has 0 aromatic carbocycles. The third kappa shape index (κ3) is 3.85. The highest BCUT2D eigenvalue weighted by molar-refractivity contribution is 7.99. The normalized spacial score (nSPS) is 18.9. The molecular formula is C19H21F3N6S. The van der Waals surface area contributed by atoms with Gasteiger partial charge in [-0.15, -0.1) is 0 Å². The standard InChI is InChI=1S/C19H21F3N6S/c20-19(21,22)15-12(3-2-8-25-15)29-17-16(24)27-14(11-26-17)28-9-6-18(7-10-28)5-1-4-13(18)23/h2-4,8,11H,1,5-7,9-10,23H2,(H2,24,27). The number of nitrogens with zero attached hydrogens (tertiary/aromatic N) is 4. The number of nitrogens with two attached hydrogens (primary N) is 2. The van der Waals surface area contributed by atoms with Gasteiger partial charge < -0.3 is 16.4 Å². The van der Waals surface area contributed by atoms with E-state index in [1.165, 1.54) is 12.1 Å². The van der Waals surface area contributed by atoms with Crippen molar-refractivity contribution in [3.8, 4) is 0 Å². The summed E-state index contributed by atoms with van der Waals surface area (Å²) in [5, 5.41) is 0.226. The number of hydrogen-bond donors (Lipinski definition) is 2. The van der Waals surface area contributed by atoms with Crippen LogP contribution in [0.25, 0.3) is 0 Å². The van der Waals surface area contributed by atoms with Gasteiger partial charge in [0.15, 0.2) is 11.5 Å². The van der Waals surface area contributed by atoms with Crippen molar-refractivity contribution < 1.29 is 13.2 Å². The molecule has 2 aromatic rings. The molecule has 4 rings (SSSR count). The summed E-state index contributed by atoms with van der Waals surface area (Å²) in [6, 6.07) is 2.79. The van der Waals surface area contributed by atoms with Crippen molar-refractivity contribution in [2.45, 2.75) is 41.8 Å². The summed E-state index contributed by atoms with van der Waals surface area (Å²) in [6.07, 6.45) is 4.24. The molecule has 6 nitrogen and oxygen atoms in total. The molecule has 2 aromatic heterocycles. The predicted octanol–water partition coefficient (Wildman–Crippen LogP) is 3.85. The van der Waals surface area contributed by atoms with Gasteiger partial charge in [-0.25, -0.2) is 9.97 Å². The SMILES string of the molecule is NC1=CCCC12CCN(c1cnc(Sc3cccnc3C(F)(F)F)c(N)n1)CC2. The van der Waals surface area contributed by atoms with Gasteiger partial charge in [-0.1, -0.05) is 17.8 Å². The Bertz CT molecular complexity index is 938. The van der Waals surface area contributed by atoms with Crippen molar-refractivity contribution in [1.29, 1.82) is 0 Å². The molecule has 1 fully saturated rings. The maximum absolute atomic E-state index is 13.1. The zero-order valence-electron chi connectivity index (χ0n) is 15.6.